The van der Waals surface area contributed by atoms with Gasteiger partial charge in [-0.25, -0.2) is 0 Å². The molecule has 0 spiro atoms. The summed E-state index contributed by atoms with van der Waals surface area (Å²) in [6.07, 6.45) is 0. The van der Waals surface area contributed by atoms with Crippen LogP contribution in [-0.4, -0.2) is 30.9 Å². The fraction of sp³-hybridized carbons (Fsp3) is 0.417. The van der Waals surface area contributed by atoms with E-state index in [0.29, 0.717) is 0 Å². The lowest BCUT2D eigenvalue weighted by atomic mass is 10.2. The molecule has 0 aliphatic carbocycles. The van der Waals surface area contributed by atoms with Crippen molar-refractivity contribution in [2.24, 2.45) is 0 Å². The minimum Gasteiger partial charge on any atom is -0.339 e. The number of nitrogens with zero attached hydrogens (tertiary/aromatic N) is 1. The van der Waals surface area contributed by atoms with Crippen molar-refractivity contribution in [3.05, 3.63) is 29.8 Å². The Hall–Kier alpha value is -1.00. The Morgan fingerprint density at radius 1 is 1.31 bits per heavy atom. The van der Waals surface area contributed by atoms with Crippen molar-refractivity contribution in [3.63, 3.8) is 0 Å². The molecule has 1 amide bonds. The van der Waals surface area contributed by atoms with E-state index in [0.717, 1.165) is 23.5 Å². The second-order valence-corrected chi connectivity index (χ2v) is 4.33. The Balaban J connectivity index is 2.97. The Bertz CT molecular complexity index is 351. The first-order valence-electron chi connectivity index (χ1n) is 5.46. The van der Waals surface area contributed by atoms with Crippen LogP contribution in [0.1, 0.15) is 24.2 Å². The fourth-order valence-corrected chi connectivity index (χ4v) is 2.16. The summed E-state index contributed by atoms with van der Waals surface area (Å²) >= 11 is 1.47. The number of amides is 1. The van der Waals surface area contributed by atoms with Gasteiger partial charge in [0.25, 0.3) is 5.91 Å². The van der Waals surface area contributed by atoms with Gasteiger partial charge in [0.2, 0.25) is 0 Å². The molecular weight excluding hydrogens is 220 g/mol. The molecule has 1 aromatic rings. The Kier molecular flexibility index (Phi) is 5.35. The highest BCUT2D eigenvalue weighted by Crippen LogP contribution is 2.20. The maximum absolute atomic E-state index is 12.2. The van der Waals surface area contributed by atoms with Gasteiger partial charge in [-0.1, -0.05) is 12.1 Å². The summed E-state index contributed by atoms with van der Waals surface area (Å²) in [6.45, 7) is 5.48. The summed E-state index contributed by atoms with van der Waals surface area (Å²) in [5.74, 6) is 0.100. The number of carbonyl (C=O) groups excluding carboxylic acids is 1. The first-order valence-corrected chi connectivity index (χ1v) is 6.28. The summed E-state index contributed by atoms with van der Waals surface area (Å²) in [5, 5.41) is 0. The highest BCUT2D eigenvalue weighted by Gasteiger charge is 2.15. The predicted octanol–water partition coefficient (Wildman–Crippen LogP) is 2.40. The molecule has 0 atom stereocenters. The lowest BCUT2D eigenvalue weighted by Gasteiger charge is -2.19. The normalized spacial score (nSPS) is 10.2. The van der Waals surface area contributed by atoms with Crippen molar-refractivity contribution in [1.82, 2.24) is 9.62 Å². The summed E-state index contributed by atoms with van der Waals surface area (Å²) in [6, 6.07) is 7.67. The second-order valence-electron chi connectivity index (χ2n) is 3.28. The van der Waals surface area contributed by atoms with Crippen LogP contribution in [0.3, 0.4) is 0 Å². The summed E-state index contributed by atoms with van der Waals surface area (Å²) in [7, 11) is 1.85. The van der Waals surface area contributed by atoms with Crippen molar-refractivity contribution in [3.8, 4) is 0 Å². The van der Waals surface area contributed by atoms with Gasteiger partial charge in [-0.3, -0.25) is 9.52 Å². The monoisotopic (exact) mass is 238 g/mol. The van der Waals surface area contributed by atoms with Gasteiger partial charge in [0.1, 0.15) is 0 Å². The molecule has 0 heterocycles. The van der Waals surface area contributed by atoms with Crippen LogP contribution in [0.15, 0.2) is 29.2 Å². The number of nitrogens with one attached hydrogen (secondary N) is 1. The van der Waals surface area contributed by atoms with Crippen LogP contribution < -0.4 is 4.72 Å². The van der Waals surface area contributed by atoms with Gasteiger partial charge in [-0.05, 0) is 45.0 Å². The van der Waals surface area contributed by atoms with E-state index in [1.54, 1.807) is 0 Å². The van der Waals surface area contributed by atoms with E-state index in [2.05, 4.69) is 4.72 Å². The second kappa shape index (κ2) is 6.55. The van der Waals surface area contributed by atoms with Crippen LogP contribution in [0, 0.1) is 0 Å². The van der Waals surface area contributed by atoms with Gasteiger partial charge in [0, 0.05) is 18.0 Å². The molecule has 0 saturated carbocycles. The predicted molar refractivity (Wildman–Crippen MR) is 68.6 cm³/mol. The van der Waals surface area contributed by atoms with Crippen molar-refractivity contribution in [1.29, 1.82) is 0 Å². The molecule has 16 heavy (non-hydrogen) atoms. The maximum Gasteiger partial charge on any atom is 0.255 e. The summed E-state index contributed by atoms with van der Waals surface area (Å²) in [5.41, 5.74) is 0.769. The Labute approximate surface area is 101 Å². The highest BCUT2D eigenvalue weighted by atomic mass is 32.2. The number of rotatable bonds is 5. The van der Waals surface area contributed by atoms with Gasteiger partial charge < -0.3 is 4.90 Å². The van der Waals surface area contributed by atoms with E-state index in [1.807, 2.05) is 50.1 Å². The van der Waals surface area contributed by atoms with E-state index in [-0.39, 0.29) is 5.91 Å². The molecule has 0 radical (unpaired) electrons. The number of hydrogen-bond donors (Lipinski definition) is 1. The zero-order chi connectivity index (χ0) is 12.0. The van der Waals surface area contributed by atoms with Crippen LogP contribution in [-0.2, 0) is 0 Å². The van der Waals surface area contributed by atoms with Gasteiger partial charge in [-0.2, -0.15) is 0 Å². The zero-order valence-corrected chi connectivity index (χ0v) is 10.8. The quantitative estimate of drug-likeness (QED) is 0.799. The first-order chi connectivity index (χ1) is 7.74. The van der Waals surface area contributed by atoms with Crippen molar-refractivity contribution in [2.75, 3.05) is 20.1 Å². The summed E-state index contributed by atoms with van der Waals surface area (Å²) < 4.78 is 3.00. The van der Waals surface area contributed by atoms with Gasteiger partial charge >= 0.3 is 0 Å². The van der Waals surface area contributed by atoms with Gasteiger partial charge in [-0.15, -0.1) is 0 Å². The standard InChI is InChI=1S/C12H18N2OS/c1-4-14(5-2)12(15)10-8-6-7-9-11(10)16-13-3/h6-9,13H,4-5H2,1-3H3. The SMILES string of the molecule is CCN(CC)C(=O)c1ccccc1SNC. The van der Waals surface area contributed by atoms with Crippen LogP contribution in [0.2, 0.25) is 0 Å². The fourth-order valence-electron chi connectivity index (χ4n) is 1.52. The lowest BCUT2D eigenvalue weighted by Crippen LogP contribution is -2.30. The molecule has 0 aliphatic heterocycles. The van der Waals surface area contributed by atoms with Crippen molar-refractivity contribution < 1.29 is 4.79 Å². The highest BCUT2D eigenvalue weighted by molar-refractivity contribution is 7.97. The lowest BCUT2D eigenvalue weighted by molar-refractivity contribution is 0.0769. The smallest absolute Gasteiger partial charge is 0.255 e. The van der Waals surface area contributed by atoms with E-state index >= 15 is 0 Å². The Morgan fingerprint density at radius 3 is 2.50 bits per heavy atom. The molecule has 3 nitrogen and oxygen atoms in total. The van der Waals surface area contributed by atoms with Gasteiger partial charge in [0.05, 0.1) is 5.56 Å². The number of carbonyl (C=O) groups is 1. The molecule has 0 bridgehead atoms. The van der Waals surface area contributed by atoms with Gasteiger partial charge in [0.15, 0.2) is 0 Å². The van der Waals surface area contributed by atoms with Crippen LogP contribution in [0.4, 0.5) is 0 Å². The van der Waals surface area contributed by atoms with Crippen LogP contribution in [0.5, 0.6) is 0 Å². The molecular formula is C12H18N2OS. The summed E-state index contributed by atoms with van der Waals surface area (Å²) in [4.78, 5) is 15.0. The maximum atomic E-state index is 12.2. The Morgan fingerprint density at radius 2 is 1.94 bits per heavy atom. The molecule has 0 aliphatic rings. The molecule has 1 N–H and O–H groups in total. The molecule has 1 rings (SSSR count). The van der Waals surface area contributed by atoms with E-state index in [4.69, 9.17) is 0 Å². The zero-order valence-electron chi connectivity index (χ0n) is 9.99. The van der Waals surface area contributed by atoms with Crippen LogP contribution >= 0.6 is 11.9 Å². The molecule has 0 unspecified atom stereocenters. The molecule has 4 heteroatoms. The molecule has 0 aromatic heterocycles. The molecule has 1 aromatic carbocycles. The molecule has 0 saturated heterocycles. The van der Waals surface area contributed by atoms with Crippen molar-refractivity contribution >= 4 is 17.9 Å². The molecule has 0 fully saturated rings. The van der Waals surface area contributed by atoms with E-state index < -0.39 is 0 Å². The topological polar surface area (TPSA) is 32.3 Å². The third-order valence-corrected chi connectivity index (χ3v) is 3.16. The number of hydrogen-bond acceptors (Lipinski definition) is 3. The minimum atomic E-state index is 0.100. The third-order valence-electron chi connectivity index (χ3n) is 2.38. The van der Waals surface area contributed by atoms with E-state index in [1.165, 1.54) is 11.9 Å². The van der Waals surface area contributed by atoms with Crippen LogP contribution in [0.25, 0.3) is 0 Å². The first kappa shape index (κ1) is 13.1. The number of benzene rings is 1. The third kappa shape index (κ3) is 3.00. The minimum absolute atomic E-state index is 0.100. The average molecular weight is 238 g/mol. The average Bonchev–Trinajstić information content (AvgIpc) is 2.31. The largest absolute Gasteiger partial charge is 0.339 e. The van der Waals surface area contributed by atoms with Crippen molar-refractivity contribution in [2.45, 2.75) is 18.7 Å². The molecule has 88 valence electrons. The van der Waals surface area contributed by atoms with E-state index in [9.17, 15) is 4.79 Å².